The van der Waals surface area contributed by atoms with E-state index in [0.717, 1.165) is 20.9 Å². The molecule has 1 nitrogen and oxygen atoms in total. The number of rotatable bonds is 1. The average molecular weight is 261 g/mol. The van der Waals surface area contributed by atoms with Crippen molar-refractivity contribution in [3.05, 3.63) is 59.7 Å². The molecule has 0 radical (unpaired) electrons. The van der Waals surface area contributed by atoms with Crippen molar-refractivity contribution in [1.82, 2.24) is 0 Å². The number of carbonyl (C=O) groups excluding carboxylic acids is 1. The van der Waals surface area contributed by atoms with Gasteiger partial charge in [-0.05, 0) is 34.9 Å². The van der Waals surface area contributed by atoms with E-state index >= 15 is 0 Å². The summed E-state index contributed by atoms with van der Waals surface area (Å²) < 4.78 is 0. The standard InChI is InChI=1S/C14H9ClOS/c15-14(16)13-9-5-1-3-7-11(9)17-12-8-4-2-6-10(12)13/h1-8,13H. The number of hydrogen-bond donors (Lipinski definition) is 0. The predicted molar refractivity (Wildman–Crippen MR) is 69.7 cm³/mol. The molecule has 0 fully saturated rings. The quantitative estimate of drug-likeness (QED) is 0.720. The van der Waals surface area contributed by atoms with Crippen LogP contribution in [0.2, 0.25) is 0 Å². The van der Waals surface area contributed by atoms with Crippen LogP contribution in [-0.4, -0.2) is 5.24 Å². The molecule has 84 valence electrons. The summed E-state index contributed by atoms with van der Waals surface area (Å²) in [6, 6.07) is 15.9. The van der Waals surface area contributed by atoms with Crippen LogP contribution < -0.4 is 0 Å². The Labute approximate surface area is 109 Å². The highest BCUT2D eigenvalue weighted by Crippen LogP contribution is 2.46. The first-order valence-electron chi connectivity index (χ1n) is 5.32. The lowest BCUT2D eigenvalue weighted by atomic mass is 9.92. The number of halogens is 1. The number of benzene rings is 2. The second kappa shape index (κ2) is 4.21. The largest absolute Gasteiger partial charge is 0.280 e. The van der Waals surface area contributed by atoms with Crippen LogP contribution in [0.1, 0.15) is 17.0 Å². The Morgan fingerprint density at radius 1 is 0.941 bits per heavy atom. The van der Waals surface area contributed by atoms with E-state index in [-0.39, 0.29) is 11.2 Å². The van der Waals surface area contributed by atoms with Crippen LogP contribution >= 0.6 is 23.4 Å². The van der Waals surface area contributed by atoms with Crippen LogP contribution in [0.15, 0.2) is 58.3 Å². The Morgan fingerprint density at radius 3 is 1.88 bits per heavy atom. The molecular formula is C14H9ClOS. The minimum absolute atomic E-state index is 0.315. The van der Waals surface area contributed by atoms with Gasteiger partial charge in [0.05, 0.1) is 5.92 Å². The summed E-state index contributed by atoms with van der Waals surface area (Å²) in [4.78, 5) is 13.9. The van der Waals surface area contributed by atoms with Gasteiger partial charge in [0, 0.05) is 9.79 Å². The summed E-state index contributed by atoms with van der Waals surface area (Å²) in [6.45, 7) is 0. The Kier molecular flexibility index (Phi) is 2.69. The maximum atomic E-state index is 11.7. The zero-order valence-corrected chi connectivity index (χ0v) is 10.5. The number of hydrogen-bond acceptors (Lipinski definition) is 2. The molecule has 0 aromatic heterocycles. The fourth-order valence-corrected chi connectivity index (χ4v) is 3.53. The van der Waals surface area contributed by atoms with Gasteiger partial charge in [-0.2, -0.15) is 0 Å². The fraction of sp³-hybridized carbons (Fsp3) is 0.0714. The van der Waals surface area contributed by atoms with Crippen LogP contribution in [0.5, 0.6) is 0 Å². The maximum absolute atomic E-state index is 11.7. The molecule has 0 bridgehead atoms. The third-order valence-corrected chi connectivity index (χ3v) is 4.31. The molecule has 0 amide bonds. The van der Waals surface area contributed by atoms with Crippen LogP contribution in [0.3, 0.4) is 0 Å². The van der Waals surface area contributed by atoms with E-state index in [9.17, 15) is 4.79 Å². The van der Waals surface area contributed by atoms with Crippen LogP contribution in [-0.2, 0) is 4.79 Å². The van der Waals surface area contributed by atoms with E-state index in [0.29, 0.717) is 0 Å². The summed E-state index contributed by atoms with van der Waals surface area (Å²) in [5.74, 6) is -0.328. The maximum Gasteiger partial charge on any atom is 0.233 e. The van der Waals surface area contributed by atoms with Crippen molar-refractivity contribution >= 4 is 28.6 Å². The molecule has 2 aromatic rings. The second-order valence-corrected chi connectivity index (χ2v) is 5.37. The Morgan fingerprint density at radius 2 is 1.41 bits per heavy atom. The molecule has 0 atom stereocenters. The minimum Gasteiger partial charge on any atom is -0.280 e. The SMILES string of the molecule is O=C(Cl)C1c2ccccc2Sc2ccccc21. The van der Waals surface area contributed by atoms with E-state index < -0.39 is 0 Å². The minimum atomic E-state index is -0.328. The number of carbonyl (C=O) groups is 1. The first-order valence-corrected chi connectivity index (χ1v) is 6.52. The second-order valence-electron chi connectivity index (χ2n) is 3.91. The summed E-state index contributed by atoms with van der Waals surface area (Å²) in [5, 5.41) is -0.315. The van der Waals surface area contributed by atoms with Crippen molar-refractivity contribution in [3.63, 3.8) is 0 Å². The van der Waals surface area contributed by atoms with E-state index in [2.05, 4.69) is 0 Å². The molecule has 1 aliphatic rings. The van der Waals surface area contributed by atoms with Gasteiger partial charge in [0.1, 0.15) is 0 Å². The van der Waals surface area contributed by atoms with Crippen LogP contribution in [0.4, 0.5) is 0 Å². The van der Waals surface area contributed by atoms with Crippen molar-refractivity contribution < 1.29 is 4.79 Å². The molecule has 0 spiro atoms. The van der Waals surface area contributed by atoms with Gasteiger partial charge in [0.25, 0.3) is 0 Å². The molecule has 0 N–H and O–H groups in total. The highest BCUT2D eigenvalue weighted by atomic mass is 35.5. The highest BCUT2D eigenvalue weighted by Gasteiger charge is 2.29. The van der Waals surface area contributed by atoms with Crippen molar-refractivity contribution in [2.24, 2.45) is 0 Å². The Bertz CT molecular complexity index is 549. The molecule has 3 rings (SSSR count). The number of fused-ring (bicyclic) bond motifs is 2. The molecule has 17 heavy (non-hydrogen) atoms. The Hall–Kier alpha value is -1.25. The van der Waals surface area contributed by atoms with Gasteiger partial charge in [-0.15, -0.1) is 0 Å². The third-order valence-electron chi connectivity index (χ3n) is 2.91. The first kappa shape index (κ1) is 10.9. The molecule has 0 saturated carbocycles. The average Bonchev–Trinajstić information content (AvgIpc) is 2.35. The third kappa shape index (κ3) is 1.78. The lowest BCUT2D eigenvalue weighted by Gasteiger charge is -2.24. The fourth-order valence-electron chi connectivity index (χ4n) is 2.15. The van der Waals surface area contributed by atoms with Gasteiger partial charge in [0.15, 0.2) is 0 Å². The van der Waals surface area contributed by atoms with Gasteiger partial charge in [-0.3, -0.25) is 4.79 Å². The van der Waals surface area contributed by atoms with Gasteiger partial charge in [-0.25, -0.2) is 0 Å². The summed E-state index contributed by atoms with van der Waals surface area (Å²) >= 11 is 7.46. The molecule has 1 aliphatic heterocycles. The monoisotopic (exact) mass is 260 g/mol. The molecule has 0 aliphatic carbocycles. The zero-order chi connectivity index (χ0) is 11.8. The van der Waals surface area contributed by atoms with E-state index in [1.807, 2.05) is 48.5 Å². The molecule has 2 aromatic carbocycles. The van der Waals surface area contributed by atoms with Gasteiger partial charge in [-0.1, -0.05) is 48.2 Å². The summed E-state index contributed by atoms with van der Waals surface area (Å²) in [7, 11) is 0. The topological polar surface area (TPSA) is 17.1 Å². The van der Waals surface area contributed by atoms with Crippen molar-refractivity contribution in [2.75, 3.05) is 0 Å². The van der Waals surface area contributed by atoms with Crippen LogP contribution in [0.25, 0.3) is 0 Å². The summed E-state index contributed by atoms with van der Waals surface area (Å²) in [6.07, 6.45) is 0. The molecule has 0 unspecified atom stereocenters. The first-order chi connectivity index (χ1) is 8.27. The Balaban J connectivity index is 2.24. The zero-order valence-electron chi connectivity index (χ0n) is 8.89. The molecule has 3 heteroatoms. The van der Waals surface area contributed by atoms with E-state index in [1.54, 1.807) is 11.8 Å². The van der Waals surface area contributed by atoms with Gasteiger partial charge >= 0.3 is 0 Å². The van der Waals surface area contributed by atoms with Gasteiger partial charge in [0.2, 0.25) is 5.24 Å². The molecule has 0 saturated heterocycles. The summed E-state index contributed by atoms with van der Waals surface area (Å²) in [5.41, 5.74) is 2.02. The lowest BCUT2D eigenvalue weighted by Crippen LogP contribution is -2.13. The highest BCUT2D eigenvalue weighted by molar-refractivity contribution is 7.99. The van der Waals surface area contributed by atoms with Crippen molar-refractivity contribution in [2.45, 2.75) is 15.7 Å². The van der Waals surface area contributed by atoms with Crippen molar-refractivity contribution in [1.29, 1.82) is 0 Å². The predicted octanol–water partition coefficient (Wildman–Crippen LogP) is 4.05. The normalized spacial score (nSPS) is 13.9. The molecule has 1 heterocycles. The van der Waals surface area contributed by atoms with E-state index in [1.165, 1.54) is 0 Å². The molecular weight excluding hydrogens is 252 g/mol. The lowest BCUT2D eigenvalue weighted by molar-refractivity contribution is -0.112. The van der Waals surface area contributed by atoms with Crippen LogP contribution in [0, 0.1) is 0 Å². The van der Waals surface area contributed by atoms with Gasteiger partial charge < -0.3 is 0 Å². The van der Waals surface area contributed by atoms with E-state index in [4.69, 9.17) is 11.6 Å². The van der Waals surface area contributed by atoms with Crippen molar-refractivity contribution in [3.8, 4) is 0 Å². The smallest absolute Gasteiger partial charge is 0.233 e.